The Balaban J connectivity index is 1.89. The standard InChI is InChI=1S/C19H19ClN2O6S/c1-27-19(24)13-5-3-4-6-14(13)21-18(23)17-9-10-22(29(2,25)26)15-11-12(20)7-8-16(15)28-17/h3-8,11,17H,9-10H2,1-2H3,(H,21,23)/t17-/m0/s1. The van der Waals surface area contributed by atoms with E-state index in [1.807, 2.05) is 0 Å². The highest BCUT2D eigenvalue weighted by atomic mass is 35.5. The van der Waals surface area contributed by atoms with Gasteiger partial charge in [-0.3, -0.25) is 9.10 Å². The fourth-order valence-electron chi connectivity index (χ4n) is 2.97. The van der Waals surface area contributed by atoms with Gasteiger partial charge in [-0.2, -0.15) is 0 Å². The second-order valence-corrected chi connectivity index (χ2v) is 8.71. The molecule has 0 unspecified atom stereocenters. The van der Waals surface area contributed by atoms with Gasteiger partial charge in [0.2, 0.25) is 10.0 Å². The van der Waals surface area contributed by atoms with E-state index in [-0.39, 0.29) is 35.7 Å². The molecule has 1 atom stereocenters. The van der Waals surface area contributed by atoms with Crippen LogP contribution in [0.15, 0.2) is 42.5 Å². The highest BCUT2D eigenvalue weighted by molar-refractivity contribution is 7.92. The zero-order chi connectivity index (χ0) is 21.2. The van der Waals surface area contributed by atoms with E-state index in [0.29, 0.717) is 5.02 Å². The maximum atomic E-state index is 12.8. The number of hydrogen-bond acceptors (Lipinski definition) is 6. The third-order valence-corrected chi connectivity index (χ3v) is 5.75. The molecular formula is C19H19ClN2O6S. The van der Waals surface area contributed by atoms with Gasteiger partial charge in [0, 0.05) is 18.0 Å². The summed E-state index contributed by atoms with van der Waals surface area (Å²) in [7, 11) is -2.36. The molecule has 0 spiro atoms. The Morgan fingerprint density at radius 2 is 1.97 bits per heavy atom. The molecule has 10 heteroatoms. The summed E-state index contributed by atoms with van der Waals surface area (Å²) in [5, 5.41) is 3.00. The lowest BCUT2D eigenvalue weighted by Gasteiger charge is -2.21. The van der Waals surface area contributed by atoms with Gasteiger partial charge < -0.3 is 14.8 Å². The van der Waals surface area contributed by atoms with Gasteiger partial charge in [0.05, 0.1) is 30.3 Å². The van der Waals surface area contributed by atoms with E-state index in [4.69, 9.17) is 21.1 Å². The number of fused-ring (bicyclic) bond motifs is 1. The summed E-state index contributed by atoms with van der Waals surface area (Å²) in [6, 6.07) is 10.9. The summed E-state index contributed by atoms with van der Waals surface area (Å²) in [5.74, 6) is -0.887. The van der Waals surface area contributed by atoms with Crippen molar-refractivity contribution in [1.29, 1.82) is 0 Å². The first-order valence-electron chi connectivity index (χ1n) is 8.63. The van der Waals surface area contributed by atoms with Gasteiger partial charge in [0.1, 0.15) is 5.75 Å². The fraction of sp³-hybridized carbons (Fsp3) is 0.263. The predicted octanol–water partition coefficient (Wildman–Crippen LogP) is 2.68. The minimum absolute atomic E-state index is 0.0307. The molecule has 1 aliphatic rings. The van der Waals surface area contributed by atoms with Crippen molar-refractivity contribution in [1.82, 2.24) is 0 Å². The number of rotatable bonds is 4. The maximum Gasteiger partial charge on any atom is 0.339 e. The average Bonchev–Trinajstić information content (AvgIpc) is 2.87. The van der Waals surface area contributed by atoms with Crippen molar-refractivity contribution in [2.75, 3.05) is 29.5 Å². The number of para-hydroxylation sites is 1. The third-order valence-electron chi connectivity index (χ3n) is 4.34. The number of nitrogens with zero attached hydrogens (tertiary/aromatic N) is 1. The molecule has 154 valence electrons. The Hall–Kier alpha value is -2.78. The molecule has 2 aromatic rings. The van der Waals surface area contributed by atoms with Crippen molar-refractivity contribution in [2.24, 2.45) is 0 Å². The first-order chi connectivity index (χ1) is 13.7. The fourth-order valence-corrected chi connectivity index (χ4v) is 4.08. The Bertz CT molecular complexity index is 1060. The Labute approximate surface area is 173 Å². The first kappa shape index (κ1) is 20.9. The van der Waals surface area contributed by atoms with Crippen molar-refractivity contribution in [3.8, 4) is 5.75 Å². The molecule has 1 N–H and O–H groups in total. The third kappa shape index (κ3) is 4.63. The number of benzene rings is 2. The zero-order valence-electron chi connectivity index (χ0n) is 15.7. The smallest absolute Gasteiger partial charge is 0.339 e. The van der Waals surface area contributed by atoms with Gasteiger partial charge in [-0.25, -0.2) is 13.2 Å². The van der Waals surface area contributed by atoms with Gasteiger partial charge >= 0.3 is 5.97 Å². The molecule has 1 heterocycles. The first-order valence-corrected chi connectivity index (χ1v) is 10.9. The summed E-state index contributed by atoms with van der Waals surface area (Å²) in [6.07, 6.45) is 0.198. The largest absolute Gasteiger partial charge is 0.478 e. The number of nitrogens with one attached hydrogen (secondary N) is 1. The van der Waals surface area contributed by atoms with Crippen LogP contribution in [0, 0.1) is 0 Å². The summed E-state index contributed by atoms with van der Waals surface area (Å²) in [5.41, 5.74) is 0.737. The minimum atomic E-state index is -3.61. The van der Waals surface area contributed by atoms with Gasteiger partial charge in [-0.05, 0) is 30.3 Å². The van der Waals surface area contributed by atoms with Gasteiger partial charge in [-0.1, -0.05) is 23.7 Å². The molecule has 1 amide bonds. The Morgan fingerprint density at radius 3 is 2.66 bits per heavy atom. The summed E-state index contributed by atoms with van der Waals surface area (Å²) < 4.78 is 36.1. The van der Waals surface area contributed by atoms with Crippen molar-refractivity contribution in [2.45, 2.75) is 12.5 Å². The van der Waals surface area contributed by atoms with Crippen LogP contribution in [0.4, 0.5) is 11.4 Å². The molecule has 8 nitrogen and oxygen atoms in total. The van der Waals surface area contributed by atoms with E-state index in [1.165, 1.54) is 25.3 Å². The molecule has 3 rings (SSSR count). The monoisotopic (exact) mass is 438 g/mol. The summed E-state index contributed by atoms with van der Waals surface area (Å²) in [4.78, 5) is 24.7. The number of methoxy groups -OCH3 is 1. The van der Waals surface area contributed by atoms with Crippen LogP contribution in [-0.4, -0.2) is 46.3 Å². The number of anilines is 2. The predicted molar refractivity (Wildman–Crippen MR) is 109 cm³/mol. The lowest BCUT2D eigenvalue weighted by molar-refractivity contribution is -0.122. The van der Waals surface area contributed by atoms with E-state index in [1.54, 1.807) is 24.3 Å². The molecule has 0 saturated heterocycles. The molecule has 0 bridgehead atoms. The summed E-state index contributed by atoms with van der Waals surface area (Å²) >= 11 is 6.01. The number of amides is 1. The van der Waals surface area contributed by atoms with Crippen molar-refractivity contribution in [3.05, 3.63) is 53.1 Å². The highest BCUT2D eigenvalue weighted by Gasteiger charge is 2.32. The minimum Gasteiger partial charge on any atom is -0.478 e. The topological polar surface area (TPSA) is 102 Å². The average molecular weight is 439 g/mol. The van der Waals surface area contributed by atoms with Crippen LogP contribution in [0.3, 0.4) is 0 Å². The molecular weight excluding hydrogens is 420 g/mol. The molecule has 2 aromatic carbocycles. The number of esters is 1. The van der Waals surface area contributed by atoms with Gasteiger partial charge in [0.15, 0.2) is 6.10 Å². The lowest BCUT2D eigenvalue weighted by atomic mass is 10.1. The number of halogens is 1. The molecule has 0 saturated carbocycles. The SMILES string of the molecule is COC(=O)c1ccccc1NC(=O)[C@@H]1CCN(S(C)(=O)=O)c2cc(Cl)ccc2O1. The normalized spacial score (nSPS) is 16.2. The molecule has 29 heavy (non-hydrogen) atoms. The van der Waals surface area contributed by atoms with E-state index >= 15 is 0 Å². The van der Waals surface area contributed by atoms with E-state index in [9.17, 15) is 18.0 Å². The molecule has 0 aromatic heterocycles. The van der Waals surface area contributed by atoms with Crippen LogP contribution in [0.2, 0.25) is 5.02 Å². The number of carbonyl (C=O) groups excluding carboxylic acids is 2. The molecule has 0 aliphatic carbocycles. The van der Waals surface area contributed by atoms with E-state index in [2.05, 4.69) is 5.32 Å². The van der Waals surface area contributed by atoms with Crippen LogP contribution < -0.4 is 14.4 Å². The Kier molecular flexibility index (Phi) is 5.99. The van der Waals surface area contributed by atoms with Crippen LogP contribution in [0.1, 0.15) is 16.8 Å². The van der Waals surface area contributed by atoms with Gasteiger partial charge in [-0.15, -0.1) is 0 Å². The number of carbonyl (C=O) groups is 2. The second-order valence-electron chi connectivity index (χ2n) is 6.37. The van der Waals surface area contributed by atoms with Crippen molar-refractivity contribution >= 4 is 44.9 Å². The molecule has 0 radical (unpaired) electrons. The zero-order valence-corrected chi connectivity index (χ0v) is 17.3. The number of sulfonamides is 1. The van der Waals surface area contributed by atoms with Crippen LogP contribution >= 0.6 is 11.6 Å². The van der Waals surface area contributed by atoms with Crippen LogP contribution in [-0.2, 0) is 19.6 Å². The second kappa shape index (κ2) is 8.30. The van der Waals surface area contributed by atoms with Crippen LogP contribution in [0.25, 0.3) is 0 Å². The number of ether oxygens (including phenoxy) is 2. The molecule has 1 aliphatic heterocycles. The van der Waals surface area contributed by atoms with Crippen molar-refractivity contribution < 1.29 is 27.5 Å². The van der Waals surface area contributed by atoms with Gasteiger partial charge in [0.25, 0.3) is 5.91 Å². The lowest BCUT2D eigenvalue weighted by Crippen LogP contribution is -2.36. The molecule has 0 fully saturated rings. The van der Waals surface area contributed by atoms with Crippen LogP contribution in [0.5, 0.6) is 5.75 Å². The number of hydrogen-bond donors (Lipinski definition) is 1. The quantitative estimate of drug-likeness (QED) is 0.736. The van der Waals surface area contributed by atoms with E-state index < -0.39 is 28.0 Å². The highest BCUT2D eigenvalue weighted by Crippen LogP contribution is 2.36. The maximum absolute atomic E-state index is 12.8. The van der Waals surface area contributed by atoms with Crippen molar-refractivity contribution in [3.63, 3.8) is 0 Å². The Morgan fingerprint density at radius 1 is 1.24 bits per heavy atom. The van der Waals surface area contributed by atoms with E-state index in [0.717, 1.165) is 10.6 Å². The summed E-state index contributed by atoms with van der Waals surface area (Å²) in [6.45, 7) is 0.0307.